The lowest BCUT2D eigenvalue weighted by Gasteiger charge is -2.06. The normalized spacial score (nSPS) is 13.6. The number of benzene rings is 1. The summed E-state index contributed by atoms with van der Waals surface area (Å²) >= 11 is 0. The van der Waals surface area contributed by atoms with E-state index in [1.807, 2.05) is 0 Å². The second kappa shape index (κ2) is 4.01. The van der Waals surface area contributed by atoms with Crippen molar-refractivity contribution in [2.24, 2.45) is 5.92 Å². The van der Waals surface area contributed by atoms with E-state index in [1.54, 1.807) is 13.8 Å². The number of hydrogen-bond acceptors (Lipinski definition) is 5. The van der Waals surface area contributed by atoms with Crippen LogP contribution in [-0.4, -0.2) is 17.9 Å². The molecule has 1 aromatic carbocycles. The molecule has 0 aliphatic carbocycles. The summed E-state index contributed by atoms with van der Waals surface area (Å²) in [5.74, 6) is -1.83. The first kappa shape index (κ1) is 11.3. The van der Waals surface area contributed by atoms with Crippen LogP contribution in [0.1, 0.15) is 34.6 Å². The van der Waals surface area contributed by atoms with Crippen LogP contribution in [0.25, 0.3) is 0 Å². The van der Waals surface area contributed by atoms with Gasteiger partial charge in [-0.3, -0.25) is 4.79 Å². The van der Waals surface area contributed by atoms with E-state index in [0.29, 0.717) is 0 Å². The van der Waals surface area contributed by atoms with Crippen LogP contribution in [0.3, 0.4) is 0 Å². The van der Waals surface area contributed by atoms with Gasteiger partial charge in [-0.1, -0.05) is 13.8 Å². The van der Waals surface area contributed by atoms with Gasteiger partial charge in [0, 0.05) is 0 Å². The van der Waals surface area contributed by atoms with Crippen LogP contribution in [0.2, 0.25) is 0 Å². The summed E-state index contributed by atoms with van der Waals surface area (Å²) in [5.41, 5.74) is 0.323. The number of hydrogen-bond donors (Lipinski definition) is 0. The van der Waals surface area contributed by atoms with Crippen LogP contribution in [0.4, 0.5) is 0 Å². The average Bonchev–Trinajstić information content (AvgIpc) is 2.54. The summed E-state index contributed by atoms with van der Waals surface area (Å²) in [6.07, 6.45) is 0. The number of esters is 3. The first-order valence-electron chi connectivity index (χ1n) is 5.11. The quantitative estimate of drug-likeness (QED) is 0.441. The summed E-state index contributed by atoms with van der Waals surface area (Å²) in [5, 5.41) is 0. The lowest BCUT2D eigenvalue weighted by Crippen LogP contribution is -2.14. The molecule has 1 aliphatic heterocycles. The Kier molecular flexibility index (Phi) is 2.67. The summed E-state index contributed by atoms with van der Waals surface area (Å²) < 4.78 is 9.45. The Morgan fingerprint density at radius 2 is 1.82 bits per heavy atom. The van der Waals surface area contributed by atoms with Crippen LogP contribution in [0.5, 0.6) is 5.75 Å². The van der Waals surface area contributed by atoms with Gasteiger partial charge in [-0.25, -0.2) is 9.59 Å². The predicted molar refractivity (Wildman–Crippen MR) is 56.7 cm³/mol. The van der Waals surface area contributed by atoms with Crippen molar-refractivity contribution < 1.29 is 23.9 Å². The van der Waals surface area contributed by atoms with Crippen molar-refractivity contribution in [1.29, 1.82) is 0 Å². The number of ether oxygens (including phenoxy) is 2. The molecule has 0 amide bonds. The molecule has 88 valence electrons. The van der Waals surface area contributed by atoms with E-state index >= 15 is 0 Å². The van der Waals surface area contributed by atoms with Gasteiger partial charge < -0.3 is 9.47 Å². The smallest absolute Gasteiger partial charge is 0.347 e. The van der Waals surface area contributed by atoms with Gasteiger partial charge in [-0.2, -0.15) is 0 Å². The van der Waals surface area contributed by atoms with Crippen LogP contribution in [0, 0.1) is 5.92 Å². The molecule has 0 spiro atoms. The molecule has 1 aromatic rings. The highest BCUT2D eigenvalue weighted by atomic mass is 16.6. The zero-order valence-corrected chi connectivity index (χ0v) is 9.35. The van der Waals surface area contributed by atoms with Crippen molar-refractivity contribution in [2.45, 2.75) is 13.8 Å². The maximum Gasteiger partial charge on any atom is 0.347 e. The minimum Gasteiger partial charge on any atom is -0.426 e. The zero-order valence-electron chi connectivity index (χ0n) is 9.35. The average molecular weight is 234 g/mol. The molecule has 0 bridgehead atoms. The van der Waals surface area contributed by atoms with Crippen molar-refractivity contribution in [1.82, 2.24) is 0 Å². The molecule has 1 aliphatic rings. The van der Waals surface area contributed by atoms with E-state index in [9.17, 15) is 14.4 Å². The highest BCUT2D eigenvalue weighted by Crippen LogP contribution is 2.25. The fourth-order valence-electron chi connectivity index (χ4n) is 1.36. The third-order valence-electron chi connectivity index (χ3n) is 2.31. The van der Waals surface area contributed by atoms with Gasteiger partial charge in [-0.15, -0.1) is 0 Å². The molecule has 0 aromatic heterocycles. The van der Waals surface area contributed by atoms with E-state index < -0.39 is 17.9 Å². The van der Waals surface area contributed by atoms with Crippen molar-refractivity contribution in [2.75, 3.05) is 0 Å². The second-order valence-electron chi connectivity index (χ2n) is 3.96. The number of carbonyl (C=O) groups excluding carboxylic acids is 3. The van der Waals surface area contributed by atoms with E-state index in [2.05, 4.69) is 4.74 Å². The Balaban J connectivity index is 2.29. The minimum atomic E-state index is -0.715. The number of rotatable bonds is 2. The van der Waals surface area contributed by atoms with Crippen molar-refractivity contribution in [3.05, 3.63) is 29.3 Å². The summed E-state index contributed by atoms with van der Waals surface area (Å²) in [6.45, 7) is 3.40. The van der Waals surface area contributed by atoms with Gasteiger partial charge in [0.25, 0.3) is 0 Å². The molecule has 0 unspecified atom stereocenters. The van der Waals surface area contributed by atoms with Crippen LogP contribution >= 0.6 is 0 Å². The Morgan fingerprint density at radius 3 is 2.47 bits per heavy atom. The summed E-state index contributed by atoms with van der Waals surface area (Å²) in [4.78, 5) is 33.8. The molecule has 0 N–H and O–H groups in total. The van der Waals surface area contributed by atoms with E-state index in [-0.39, 0.29) is 22.8 Å². The zero-order chi connectivity index (χ0) is 12.6. The molecular weight excluding hydrogens is 224 g/mol. The Bertz CT molecular complexity index is 516. The second-order valence-corrected chi connectivity index (χ2v) is 3.96. The van der Waals surface area contributed by atoms with Crippen molar-refractivity contribution in [3.8, 4) is 5.75 Å². The Morgan fingerprint density at radius 1 is 1.18 bits per heavy atom. The van der Waals surface area contributed by atoms with Gasteiger partial charge in [0.2, 0.25) is 0 Å². The lowest BCUT2D eigenvalue weighted by molar-refractivity contribution is -0.137. The number of cyclic esters (lactones) is 2. The van der Waals surface area contributed by atoms with Gasteiger partial charge in [-0.05, 0) is 18.2 Å². The van der Waals surface area contributed by atoms with Crippen LogP contribution < -0.4 is 4.74 Å². The maximum atomic E-state index is 11.4. The minimum absolute atomic E-state index is 0.129. The summed E-state index contributed by atoms with van der Waals surface area (Å²) in [6, 6.07) is 4.20. The molecular formula is C12H10O5. The molecule has 0 saturated carbocycles. The lowest BCUT2D eigenvalue weighted by atomic mass is 10.1. The topological polar surface area (TPSA) is 69.7 Å². The molecule has 0 radical (unpaired) electrons. The van der Waals surface area contributed by atoms with Gasteiger partial charge in [0.1, 0.15) is 5.75 Å². The first-order valence-corrected chi connectivity index (χ1v) is 5.11. The molecule has 2 rings (SSSR count). The standard InChI is InChI=1S/C12H10O5/c1-6(2)10(13)16-7-3-4-8-9(5-7)12(15)17-11(8)14/h3-6H,1-2H3. The first-order chi connectivity index (χ1) is 7.99. The molecule has 0 atom stereocenters. The van der Waals surface area contributed by atoms with E-state index in [1.165, 1.54) is 18.2 Å². The fourth-order valence-corrected chi connectivity index (χ4v) is 1.36. The molecule has 5 heteroatoms. The van der Waals surface area contributed by atoms with Crippen LogP contribution in [-0.2, 0) is 9.53 Å². The highest BCUT2D eigenvalue weighted by molar-refractivity contribution is 6.14. The fraction of sp³-hybridized carbons (Fsp3) is 0.250. The Labute approximate surface area is 97.3 Å². The SMILES string of the molecule is CC(C)C(=O)Oc1ccc2c(c1)C(=O)OC2=O. The number of carbonyl (C=O) groups is 3. The Hall–Kier alpha value is -2.17. The molecule has 5 nitrogen and oxygen atoms in total. The van der Waals surface area contributed by atoms with Crippen molar-refractivity contribution in [3.63, 3.8) is 0 Å². The number of fused-ring (bicyclic) bond motifs is 1. The molecule has 1 heterocycles. The third kappa shape index (κ3) is 2.04. The third-order valence-corrected chi connectivity index (χ3v) is 2.31. The van der Waals surface area contributed by atoms with Crippen molar-refractivity contribution >= 4 is 17.9 Å². The molecule has 17 heavy (non-hydrogen) atoms. The monoisotopic (exact) mass is 234 g/mol. The van der Waals surface area contributed by atoms with Gasteiger partial charge in [0.05, 0.1) is 17.0 Å². The van der Waals surface area contributed by atoms with E-state index in [4.69, 9.17) is 4.74 Å². The predicted octanol–water partition coefficient (Wildman–Crippen LogP) is 1.56. The summed E-state index contributed by atoms with van der Waals surface area (Å²) in [7, 11) is 0. The molecule has 0 fully saturated rings. The maximum absolute atomic E-state index is 11.4. The molecule has 0 saturated heterocycles. The van der Waals surface area contributed by atoms with Gasteiger partial charge in [0.15, 0.2) is 0 Å². The largest absolute Gasteiger partial charge is 0.426 e. The highest BCUT2D eigenvalue weighted by Gasteiger charge is 2.30. The van der Waals surface area contributed by atoms with E-state index in [0.717, 1.165) is 0 Å². The van der Waals surface area contributed by atoms with Gasteiger partial charge >= 0.3 is 17.9 Å². The van der Waals surface area contributed by atoms with Crippen LogP contribution in [0.15, 0.2) is 18.2 Å².